The molecule has 13 heavy (non-hydrogen) atoms. The third-order valence-corrected chi connectivity index (χ3v) is 2.92. The number of hydrogen-bond acceptors (Lipinski definition) is 2. The molecule has 1 fully saturated rings. The normalized spacial score (nSPS) is 28.1. The van der Waals surface area contributed by atoms with Crippen LogP contribution in [0.2, 0.25) is 0 Å². The molecule has 0 aliphatic heterocycles. The molecule has 0 aromatic heterocycles. The first-order valence-electron chi connectivity index (χ1n) is 4.81. The minimum atomic E-state index is 0.114. The standard InChI is InChI=1S/C11H18O2/c1-11(2,3)9-4-5-10(13)8(6-9)7-12/h7,9,12H,4-6H2,1-3H3/b8-7-/t9-/m1/s1. The van der Waals surface area contributed by atoms with Gasteiger partial charge in [-0.05, 0) is 24.2 Å². The van der Waals surface area contributed by atoms with Gasteiger partial charge < -0.3 is 5.11 Å². The molecule has 0 aromatic rings. The molecule has 0 aromatic carbocycles. The molecule has 0 spiro atoms. The van der Waals surface area contributed by atoms with Gasteiger partial charge >= 0.3 is 0 Å². The highest BCUT2D eigenvalue weighted by molar-refractivity contribution is 5.95. The molecule has 2 nitrogen and oxygen atoms in total. The molecule has 0 amide bonds. The SMILES string of the molecule is CC(C)(C)[C@@H]1CCC(=O)/C(=C\O)C1. The summed E-state index contributed by atoms with van der Waals surface area (Å²) in [5.41, 5.74) is 0.834. The molecule has 74 valence electrons. The number of rotatable bonds is 0. The van der Waals surface area contributed by atoms with Gasteiger partial charge in [0.15, 0.2) is 5.78 Å². The van der Waals surface area contributed by atoms with E-state index in [0.29, 0.717) is 17.9 Å². The summed E-state index contributed by atoms with van der Waals surface area (Å²) in [6, 6.07) is 0. The van der Waals surface area contributed by atoms with Crippen molar-refractivity contribution >= 4 is 5.78 Å². The molecular weight excluding hydrogens is 164 g/mol. The second-order valence-corrected chi connectivity index (χ2v) is 4.88. The van der Waals surface area contributed by atoms with Crippen molar-refractivity contribution < 1.29 is 9.90 Å². The molecule has 0 radical (unpaired) electrons. The molecule has 1 atom stereocenters. The van der Waals surface area contributed by atoms with Crippen molar-refractivity contribution in [3.63, 3.8) is 0 Å². The molecular formula is C11H18O2. The monoisotopic (exact) mass is 182 g/mol. The lowest BCUT2D eigenvalue weighted by atomic mass is 9.71. The van der Waals surface area contributed by atoms with Crippen LogP contribution in [0.3, 0.4) is 0 Å². The molecule has 2 heteroatoms. The smallest absolute Gasteiger partial charge is 0.161 e. The number of allylic oxidation sites excluding steroid dienone is 1. The Kier molecular flexibility index (Phi) is 2.79. The largest absolute Gasteiger partial charge is 0.515 e. The first-order chi connectivity index (χ1) is 5.95. The van der Waals surface area contributed by atoms with E-state index in [9.17, 15) is 4.79 Å². The second-order valence-electron chi connectivity index (χ2n) is 4.88. The fraction of sp³-hybridized carbons (Fsp3) is 0.727. The maximum absolute atomic E-state index is 11.3. The van der Waals surface area contributed by atoms with E-state index in [0.717, 1.165) is 19.1 Å². The lowest BCUT2D eigenvalue weighted by Crippen LogP contribution is -2.27. The quantitative estimate of drug-likeness (QED) is 0.462. The van der Waals surface area contributed by atoms with Crippen LogP contribution >= 0.6 is 0 Å². The van der Waals surface area contributed by atoms with Gasteiger partial charge in [0.05, 0.1) is 6.26 Å². The first kappa shape index (κ1) is 10.3. The Labute approximate surface area is 79.6 Å². The Morgan fingerprint density at radius 1 is 1.46 bits per heavy atom. The Balaban J connectivity index is 2.71. The van der Waals surface area contributed by atoms with E-state index < -0.39 is 0 Å². The van der Waals surface area contributed by atoms with E-state index >= 15 is 0 Å². The molecule has 1 aliphatic rings. The highest BCUT2D eigenvalue weighted by Gasteiger charge is 2.31. The summed E-state index contributed by atoms with van der Waals surface area (Å²) < 4.78 is 0. The van der Waals surface area contributed by atoms with Crippen molar-refractivity contribution in [2.75, 3.05) is 0 Å². The van der Waals surface area contributed by atoms with E-state index in [1.807, 2.05) is 0 Å². The van der Waals surface area contributed by atoms with Crippen molar-refractivity contribution in [3.8, 4) is 0 Å². The molecule has 1 saturated carbocycles. The Bertz CT molecular complexity index is 233. The highest BCUT2D eigenvalue weighted by atomic mass is 16.2. The van der Waals surface area contributed by atoms with Crippen molar-refractivity contribution in [3.05, 3.63) is 11.8 Å². The van der Waals surface area contributed by atoms with Gasteiger partial charge in [0.2, 0.25) is 0 Å². The van der Waals surface area contributed by atoms with Gasteiger partial charge in [-0.15, -0.1) is 0 Å². The zero-order valence-electron chi connectivity index (χ0n) is 8.63. The van der Waals surface area contributed by atoms with Gasteiger partial charge in [0, 0.05) is 12.0 Å². The third-order valence-electron chi connectivity index (χ3n) is 2.92. The van der Waals surface area contributed by atoms with E-state index in [-0.39, 0.29) is 11.2 Å². The van der Waals surface area contributed by atoms with Crippen LogP contribution in [0.4, 0.5) is 0 Å². The van der Waals surface area contributed by atoms with E-state index in [4.69, 9.17) is 5.11 Å². The number of ketones is 1. The van der Waals surface area contributed by atoms with Gasteiger partial charge in [-0.2, -0.15) is 0 Å². The first-order valence-corrected chi connectivity index (χ1v) is 4.81. The average molecular weight is 182 g/mol. The topological polar surface area (TPSA) is 37.3 Å². The van der Waals surface area contributed by atoms with E-state index in [1.165, 1.54) is 0 Å². The summed E-state index contributed by atoms with van der Waals surface area (Å²) in [5, 5.41) is 8.86. The van der Waals surface area contributed by atoms with E-state index in [2.05, 4.69) is 20.8 Å². The molecule has 0 bridgehead atoms. The molecule has 0 saturated heterocycles. The van der Waals surface area contributed by atoms with Gasteiger partial charge in [-0.25, -0.2) is 0 Å². The Morgan fingerprint density at radius 3 is 2.54 bits per heavy atom. The number of hydrogen-bond donors (Lipinski definition) is 1. The van der Waals surface area contributed by atoms with Gasteiger partial charge in [-0.1, -0.05) is 20.8 Å². The molecule has 1 aliphatic carbocycles. The van der Waals surface area contributed by atoms with Gasteiger partial charge in [-0.3, -0.25) is 4.79 Å². The summed E-state index contributed by atoms with van der Waals surface area (Å²) in [7, 11) is 0. The van der Waals surface area contributed by atoms with Crippen LogP contribution in [0.5, 0.6) is 0 Å². The van der Waals surface area contributed by atoms with Crippen LogP contribution in [0, 0.1) is 11.3 Å². The highest BCUT2D eigenvalue weighted by Crippen LogP contribution is 2.38. The lowest BCUT2D eigenvalue weighted by Gasteiger charge is -2.33. The number of aliphatic hydroxyl groups excluding tert-OH is 1. The minimum absolute atomic E-state index is 0.114. The summed E-state index contributed by atoms with van der Waals surface area (Å²) in [4.78, 5) is 11.3. The fourth-order valence-corrected chi connectivity index (χ4v) is 1.81. The van der Waals surface area contributed by atoms with Crippen LogP contribution in [-0.4, -0.2) is 10.9 Å². The van der Waals surface area contributed by atoms with Crippen LogP contribution in [0.15, 0.2) is 11.8 Å². The van der Waals surface area contributed by atoms with Crippen LogP contribution in [-0.2, 0) is 4.79 Å². The van der Waals surface area contributed by atoms with Crippen LogP contribution in [0.1, 0.15) is 40.0 Å². The van der Waals surface area contributed by atoms with Crippen molar-refractivity contribution in [1.29, 1.82) is 0 Å². The average Bonchev–Trinajstić information content (AvgIpc) is 2.03. The van der Waals surface area contributed by atoms with Crippen molar-refractivity contribution in [2.24, 2.45) is 11.3 Å². The molecule has 1 N–H and O–H groups in total. The predicted octanol–water partition coefficient (Wildman–Crippen LogP) is 2.84. The number of carbonyl (C=O) groups excluding carboxylic acids is 1. The zero-order valence-corrected chi connectivity index (χ0v) is 8.63. The summed E-state index contributed by atoms with van der Waals surface area (Å²) in [6.07, 6.45) is 3.27. The maximum Gasteiger partial charge on any atom is 0.161 e. The Morgan fingerprint density at radius 2 is 2.08 bits per heavy atom. The summed E-state index contributed by atoms with van der Waals surface area (Å²) in [5.74, 6) is 0.631. The third kappa shape index (κ3) is 2.33. The van der Waals surface area contributed by atoms with E-state index in [1.54, 1.807) is 0 Å². The van der Waals surface area contributed by atoms with Crippen LogP contribution < -0.4 is 0 Å². The maximum atomic E-state index is 11.3. The molecule has 1 rings (SSSR count). The number of Topliss-reactive ketones (excluding diaryl/α,β-unsaturated/α-hetero) is 1. The van der Waals surface area contributed by atoms with Gasteiger partial charge in [0.25, 0.3) is 0 Å². The number of aliphatic hydroxyl groups is 1. The summed E-state index contributed by atoms with van der Waals surface area (Å²) in [6.45, 7) is 6.55. The number of carbonyl (C=O) groups is 1. The van der Waals surface area contributed by atoms with Gasteiger partial charge in [0.1, 0.15) is 0 Å². The van der Waals surface area contributed by atoms with Crippen molar-refractivity contribution in [2.45, 2.75) is 40.0 Å². The summed E-state index contributed by atoms with van der Waals surface area (Å²) >= 11 is 0. The molecule has 0 unspecified atom stereocenters. The van der Waals surface area contributed by atoms with Crippen LogP contribution in [0.25, 0.3) is 0 Å². The van der Waals surface area contributed by atoms with Crippen molar-refractivity contribution in [1.82, 2.24) is 0 Å². The molecule has 0 heterocycles. The second kappa shape index (κ2) is 3.52. The Hall–Kier alpha value is -0.790. The predicted molar refractivity (Wildman–Crippen MR) is 52.5 cm³/mol. The fourth-order valence-electron chi connectivity index (χ4n) is 1.81. The minimum Gasteiger partial charge on any atom is -0.515 e. The zero-order chi connectivity index (χ0) is 10.1. The lowest BCUT2D eigenvalue weighted by molar-refractivity contribution is -0.117.